The molecule has 2 heterocycles. The molecule has 1 aliphatic heterocycles. The molecule has 0 aliphatic carbocycles. The second kappa shape index (κ2) is 7.01. The molecule has 0 saturated carbocycles. The van der Waals surface area contributed by atoms with Crippen LogP contribution in [0.1, 0.15) is 17.2 Å². The quantitative estimate of drug-likeness (QED) is 0.829. The van der Waals surface area contributed by atoms with Gasteiger partial charge >= 0.3 is 0 Å². The summed E-state index contributed by atoms with van der Waals surface area (Å²) in [6.45, 7) is 0.988. The molecule has 24 heavy (non-hydrogen) atoms. The first kappa shape index (κ1) is 17.7. The number of thiophene rings is 1. The van der Waals surface area contributed by atoms with Crippen molar-refractivity contribution >= 4 is 33.0 Å². The molecular formula is C16H19ClN2O3S2. The lowest BCUT2D eigenvalue weighted by atomic mass is 10.0. The Labute approximate surface area is 151 Å². The molecule has 2 aromatic rings. The van der Waals surface area contributed by atoms with Gasteiger partial charge in [0.15, 0.2) is 0 Å². The Morgan fingerprint density at radius 1 is 1.33 bits per heavy atom. The zero-order valence-electron chi connectivity index (χ0n) is 13.5. The largest absolute Gasteiger partial charge is 0.493 e. The van der Waals surface area contributed by atoms with Crippen molar-refractivity contribution in [3.05, 3.63) is 45.8 Å². The normalized spacial score (nSPS) is 15.3. The fourth-order valence-electron chi connectivity index (χ4n) is 2.71. The van der Waals surface area contributed by atoms with Gasteiger partial charge < -0.3 is 9.64 Å². The van der Waals surface area contributed by atoms with Gasteiger partial charge in [-0.2, -0.15) is 0 Å². The van der Waals surface area contributed by atoms with Crippen LogP contribution in [0.2, 0.25) is 4.34 Å². The van der Waals surface area contributed by atoms with Crippen molar-refractivity contribution in [3.63, 3.8) is 0 Å². The van der Waals surface area contributed by atoms with Crippen LogP contribution in [0.5, 0.6) is 5.75 Å². The van der Waals surface area contributed by atoms with Gasteiger partial charge in [0.05, 0.1) is 10.9 Å². The highest BCUT2D eigenvalue weighted by atomic mass is 35.5. The fraction of sp³-hybridized carbons (Fsp3) is 0.375. The van der Waals surface area contributed by atoms with Gasteiger partial charge in [-0.05, 0) is 43.4 Å². The van der Waals surface area contributed by atoms with E-state index >= 15 is 0 Å². The predicted octanol–water partition coefficient (Wildman–Crippen LogP) is 2.92. The third-order valence-corrected chi connectivity index (χ3v) is 7.15. The highest BCUT2D eigenvalue weighted by molar-refractivity contribution is 7.91. The molecule has 1 aliphatic rings. The minimum absolute atomic E-state index is 0.0684. The first-order chi connectivity index (χ1) is 11.4. The molecule has 3 rings (SSSR count). The van der Waals surface area contributed by atoms with Crippen molar-refractivity contribution in [2.24, 2.45) is 0 Å². The highest BCUT2D eigenvalue weighted by Crippen LogP contribution is 2.30. The van der Waals surface area contributed by atoms with Gasteiger partial charge in [0.1, 0.15) is 9.96 Å². The second-order valence-electron chi connectivity index (χ2n) is 5.86. The van der Waals surface area contributed by atoms with E-state index in [1.165, 1.54) is 11.6 Å². The third kappa shape index (κ3) is 3.75. The molecule has 130 valence electrons. The van der Waals surface area contributed by atoms with Gasteiger partial charge in [-0.25, -0.2) is 13.1 Å². The Balaban J connectivity index is 1.77. The van der Waals surface area contributed by atoms with E-state index in [1.807, 2.05) is 31.1 Å². The summed E-state index contributed by atoms with van der Waals surface area (Å²) in [6.07, 6.45) is 0.892. The maximum Gasteiger partial charge on any atom is 0.250 e. The van der Waals surface area contributed by atoms with Gasteiger partial charge in [0, 0.05) is 19.0 Å². The Morgan fingerprint density at radius 2 is 2.12 bits per heavy atom. The SMILES string of the molecule is CN(C)C(CNS(=O)(=O)c1ccc(Cl)s1)c1ccc2c(c1)CCO2. The van der Waals surface area contributed by atoms with Gasteiger partial charge in [-0.15, -0.1) is 11.3 Å². The molecule has 0 fully saturated rings. The maximum atomic E-state index is 12.4. The van der Waals surface area contributed by atoms with E-state index in [2.05, 4.69) is 10.8 Å². The zero-order chi connectivity index (χ0) is 17.3. The summed E-state index contributed by atoms with van der Waals surface area (Å²) in [5, 5.41) is 0. The first-order valence-corrected chi connectivity index (χ1v) is 10.2. The van der Waals surface area contributed by atoms with E-state index in [9.17, 15) is 8.42 Å². The van der Waals surface area contributed by atoms with Crippen molar-refractivity contribution in [2.45, 2.75) is 16.7 Å². The van der Waals surface area contributed by atoms with E-state index in [0.29, 0.717) is 10.9 Å². The number of benzene rings is 1. The number of fused-ring (bicyclic) bond motifs is 1. The molecule has 5 nitrogen and oxygen atoms in total. The van der Waals surface area contributed by atoms with Crippen LogP contribution >= 0.6 is 22.9 Å². The number of halogens is 1. The van der Waals surface area contributed by atoms with Crippen LogP contribution in [-0.4, -0.2) is 40.6 Å². The smallest absolute Gasteiger partial charge is 0.250 e. The number of rotatable bonds is 6. The Morgan fingerprint density at radius 3 is 2.79 bits per heavy atom. The molecular weight excluding hydrogens is 368 g/mol. The maximum absolute atomic E-state index is 12.4. The summed E-state index contributed by atoms with van der Waals surface area (Å²) in [4.78, 5) is 2.00. The van der Waals surface area contributed by atoms with Crippen LogP contribution in [-0.2, 0) is 16.4 Å². The van der Waals surface area contributed by atoms with E-state index in [1.54, 1.807) is 6.07 Å². The van der Waals surface area contributed by atoms with Gasteiger partial charge in [-0.3, -0.25) is 0 Å². The topological polar surface area (TPSA) is 58.6 Å². The van der Waals surface area contributed by atoms with Crippen molar-refractivity contribution in [1.29, 1.82) is 0 Å². The standard InChI is InChI=1S/C16H19ClN2O3S2/c1-19(2)13(11-3-4-14-12(9-11)7-8-22-14)10-18-24(20,21)16-6-5-15(17)23-16/h3-6,9,13,18H,7-8,10H2,1-2H3. The minimum atomic E-state index is -3.55. The third-order valence-electron chi connectivity index (χ3n) is 4.00. The molecule has 0 radical (unpaired) electrons. The first-order valence-electron chi connectivity index (χ1n) is 7.54. The van der Waals surface area contributed by atoms with Crippen molar-refractivity contribution in [1.82, 2.24) is 9.62 Å². The summed E-state index contributed by atoms with van der Waals surface area (Å²) < 4.78 is 33.7. The second-order valence-corrected chi connectivity index (χ2v) is 9.56. The van der Waals surface area contributed by atoms with Crippen LogP contribution in [0.15, 0.2) is 34.5 Å². The number of hydrogen-bond acceptors (Lipinski definition) is 5. The number of hydrogen-bond donors (Lipinski definition) is 1. The highest BCUT2D eigenvalue weighted by Gasteiger charge is 2.22. The number of sulfonamides is 1. The molecule has 0 spiro atoms. The van der Waals surface area contributed by atoms with E-state index in [0.717, 1.165) is 29.1 Å². The predicted molar refractivity (Wildman–Crippen MR) is 96.6 cm³/mol. The Hall–Kier alpha value is -1.12. The summed E-state index contributed by atoms with van der Waals surface area (Å²) in [5.41, 5.74) is 2.24. The molecule has 1 N–H and O–H groups in total. The van der Waals surface area contributed by atoms with E-state index < -0.39 is 10.0 Å². The number of nitrogens with zero attached hydrogens (tertiary/aromatic N) is 1. The molecule has 0 saturated heterocycles. The average molecular weight is 387 g/mol. The lowest BCUT2D eigenvalue weighted by Crippen LogP contribution is -2.34. The number of nitrogens with one attached hydrogen (secondary N) is 1. The van der Waals surface area contributed by atoms with Gasteiger partial charge in [0.25, 0.3) is 0 Å². The average Bonchev–Trinajstić information content (AvgIpc) is 3.15. The van der Waals surface area contributed by atoms with Gasteiger partial charge in [-0.1, -0.05) is 23.7 Å². The minimum Gasteiger partial charge on any atom is -0.493 e. The summed E-state index contributed by atoms with van der Waals surface area (Å²) in [5.74, 6) is 0.921. The molecule has 1 unspecified atom stereocenters. The zero-order valence-corrected chi connectivity index (χ0v) is 15.8. The van der Waals surface area contributed by atoms with Crippen LogP contribution < -0.4 is 9.46 Å². The van der Waals surface area contributed by atoms with Crippen molar-refractivity contribution in [2.75, 3.05) is 27.2 Å². The summed E-state index contributed by atoms with van der Waals surface area (Å²) in [7, 11) is 0.316. The molecule has 1 aromatic carbocycles. The van der Waals surface area contributed by atoms with Gasteiger partial charge in [0.2, 0.25) is 10.0 Å². The lowest BCUT2D eigenvalue weighted by molar-refractivity contribution is 0.299. The van der Waals surface area contributed by atoms with Crippen LogP contribution in [0.3, 0.4) is 0 Å². The van der Waals surface area contributed by atoms with Crippen LogP contribution in [0.25, 0.3) is 0 Å². The number of likely N-dealkylation sites (N-methyl/N-ethyl adjacent to an activating group) is 1. The molecule has 0 amide bonds. The Kier molecular flexibility index (Phi) is 5.17. The fourth-order valence-corrected chi connectivity index (χ4v) is 5.28. The Bertz CT molecular complexity index is 834. The molecule has 0 bridgehead atoms. The number of ether oxygens (including phenoxy) is 1. The van der Waals surface area contributed by atoms with E-state index in [-0.39, 0.29) is 16.8 Å². The van der Waals surface area contributed by atoms with Crippen molar-refractivity contribution in [3.8, 4) is 5.75 Å². The summed E-state index contributed by atoms with van der Waals surface area (Å²) >= 11 is 6.89. The van der Waals surface area contributed by atoms with Crippen LogP contribution in [0, 0.1) is 0 Å². The molecule has 1 aromatic heterocycles. The monoisotopic (exact) mass is 386 g/mol. The van der Waals surface area contributed by atoms with Crippen molar-refractivity contribution < 1.29 is 13.2 Å². The molecule has 1 atom stereocenters. The summed E-state index contributed by atoms with van der Waals surface area (Å²) in [6, 6.07) is 9.09. The lowest BCUT2D eigenvalue weighted by Gasteiger charge is -2.25. The van der Waals surface area contributed by atoms with E-state index in [4.69, 9.17) is 16.3 Å². The van der Waals surface area contributed by atoms with Crippen LogP contribution in [0.4, 0.5) is 0 Å². The molecule has 8 heteroatoms.